The summed E-state index contributed by atoms with van der Waals surface area (Å²) in [6, 6.07) is 13.8. The van der Waals surface area contributed by atoms with Gasteiger partial charge in [0, 0.05) is 10.6 Å². The Balaban J connectivity index is 1.77. The van der Waals surface area contributed by atoms with Gasteiger partial charge in [-0.3, -0.25) is 9.59 Å². The maximum absolute atomic E-state index is 13.2. The second-order valence-electron chi connectivity index (χ2n) is 6.12. The van der Waals surface area contributed by atoms with Crippen LogP contribution in [0.3, 0.4) is 0 Å². The minimum Gasteiger partial charge on any atom is -0.495 e. The monoisotopic (exact) mass is 428 g/mol. The van der Waals surface area contributed by atoms with Gasteiger partial charge in [-0.1, -0.05) is 17.7 Å². The quantitative estimate of drug-likeness (QED) is 0.584. The van der Waals surface area contributed by atoms with Crippen molar-refractivity contribution in [1.29, 1.82) is 0 Å². The molecule has 1 aliphatic heterocycles. The van der Waals surface area contributed by atoms with Crippen molar-refractivity contribution < 1.29 is 18.7 Å². The average Bonchev–Trinajstić information content (AvgIpc) is 3.30. The van der Waals surface area contributed by atoms with E-state index in [1.54, 1.807) is 24.3 Å². The maximum Gasteiger partial charge on any atom is 0.282 e. The third-order valence-corrected chi connectivity index (χ3v) is 5.54. The topological polar surface area (TPSA) is 58.6 Å². The van der Waals surface area contributed by atoms with Crippen LogP contribution < -0.4 is 15.0 Å². The second kappa shape index (κ2) is 7.69. The molecule has 0 unspecified atom stereocenters. The van der Waals surface area contributed by atoms with Crippen molar-refractivity contribution in [3.8, 4) is 5.75 Å². The van der Waals surface area contributed by atoms with Gasteiger partial charge in [-0.15, -0.1) is 11.3 Å². The summed E-state index contributed by atoms with van der Waals surface area (Å²) in [6.07, 6.45) is 0. The van der Waals surface area contributed by atoms with Gasteiger partial charge in [0.1, 0.15) is 17.3 Å². The summed E-state index contributed by atoms with van der Waals surface area (Å²) < 4.78 is 18.4. The molecule has 1 N–H and O–H groups in total. The first kappa shape index (κ1) is 19.2. The number of methoxy groups -OCH3 is 1. The number of ether oxygens (including phenoxy) is 1. The van der Waals surface area contributed by atoms with Crippen LogP contribution in [0.25, 0.3) is 5.57 Å². The summed E-state index contributed by atoms with van der Waals surface area (Å²) in [5.74, 6) is -0.954. The predicted octanol–water partition coefficient (Wildman–Crippen LogP) is 4.95. The largest absolute Gasteiger partial charge is 0.495 e. The molecule has 0 aliphatic carbocycles. The van der Waals surface area contributed by atoms with Crippen LogP contribution in [0.15, 0.2) is 65.7 Å². The lowest BCUT2D eigenvalue weighted by Crippen LogP contribution is -2.32. The first-order valence-electron chi connectivity index (χ1n) is 8.52. The van der Waals surface area contributed by atoms with Gasteiger partial charge in [-0.05, 0) is 53.9 Å². The Kier molecular flexibility index (Phi) is 5.08. The van der Waals surface area contributed by atoms with E-state index in [4.69, 9.17) is 16.3 Å². The van der Waals surface area contributed by atoms with E-state index in [1.807, 2.05) is 5.38 Å². The molecule has 2 heterocycles. The Morgan fingerprint density at radius 3 is 2.45 bits per heavy atom. The van der Waals surface area contributed by atoms with Crippen LogP contribution in [0.5, 0.6) is 5.75 Å². The highest BCUT2D eigenvalue weighted by Crippen LogP contribution is 2.37. The lowest BCUT2D eigenvalue weighted by molar-refractivity contribution is -0.120. The van der Waals surface area contributed by atoms with Crippen LogP contribution in [0, 0.1) is 5.82 Å². The minimum absolute atomic E-state index is 0.121. The fraction of sp³-hybridized carbons (Fsp3) is 0.0476. The zero-order valence-electron chi connectivity index (χ0n) is 15.1. The van der Waals surface area contributed by atoms with Crippen LogP contribution >= 0.6 is 22.9 Å². The number of benzene rings is 2. The number of thiophene rings is 1. The first-order chi connectivity index (χ1) is 14.0. The van der Waals surface area contributed by atoms with Crippen LogP contribution in [0.2, 0.25) is 5.02 Å². The number of hydrogen-bond acceptors (Lipinski definition) is 5. The van der Waals surface area contributed by atoms with Crippen LogP contribution in [-0.4, -0.2) is 18.9 Å². The molecule has 4 rings (SSSR count). The van der Waals surface area contributed by atoms with Crippen molar-refractivity contribution in [2.24, 2.45) is 0 Å². The lowest BCUT2D eigenvalue weighted by atomic mass is 10.2. The molecule has 0 saturated carbocycles. The molecular weight excluding hydrogens is 415 g/mol. The lowest BCUT2D eigenvalue weighted by Gasteiger charge is -2.16. The predicted molar refractivity (Wildman–Crippen MR) is 112 cm³/mol. The summed E-state index contributed by atoms with van der Waals surface area (Å²) in [7, 11) is 1.48. The Bertz CT molecular complexity index is 1130. The molecule has 0 radical (unpaired) electrons. The van der Waals surface area contributed by atoms with Gasteiger partial charge in [0.25, 0.3) is 11.8 Å². The third kappa shape index (κ3) is 3.50. The van der Waals surface area contributed by atoms with Crippen molar-refractivity contribution >= 4 is 51.7 Å². The molecular formula is C21H14ClFN2O3S. The van der Waals surface area contributed by atoms with Crippen LogP contribution in [0.4, 0.5) is 15.8 Å². The Labute approximate surface area is 175 Å². The number of carbonyl (C=O) groups excluding carboxylic acids is 2. The van der Waals surface area contributed by atoms with E-state index in [2.05, 4.69) is 5.32 Å². The maximum atomic E-state index is 13.2. The molecule has 0 bridgehead atoms. The summed E-state index contributed by atoms with van der Waals surface area (Å²) in [6.45, 7) is 0. The molecule has 1 aromatic heterocycles. The number of anilines is 2. The molecule has 2 amide bonds. The summed E-state index contributed by atoms with van der Waals surface area (Å²) >= 11 is 7.53. The number of carbonyl (C=O) groups is 2. The van der Waals surface area contributed by atoms with Gasteiger partial charge in [-0.25, -0.2) is 9.29 Å². The molecule has 5 nitrogen and oxygen atoms in total. The van der Waals surface area contributed by atoms with Gasteiger partial charge in [0.2, 0.25) is 0 Å². The highest BCUT2D eigenvalue weighted by molar-refractivity contribution is 7.11. The van der Waals surface area contributed by atoms with Crippen molar-refractivity contribution in [1.82, 2.24) is 0 Å². The molecule has 3 aromatic rings. The Hall–Kier alpha value is -3.16. The van der Waals surface area contributed by atoms with E-state index in [0.717, 1.165) is 4.90 Å². The zero-order valence-corrected chi connectivity index (χ0v) is 16.7. The molecule has 0 saturated heterocycles. The first-order valence-corrected chi connectivity index (χ1v) is 9.78. The SMILES string of the molecule is COc1ccc(N2C(=O)C(Nc3ccc(F)cc3)=C(c3cccs3)C2=O)cc1Cl. The van der Waals surface area contributed by atoms with Crippen molar-refractivity contribution in [3.05, 3.63) is 81.4 Å². The van der Waals surface area contributed by atoms with E-state index >= 15 is 0 Å². The van der Waals surface area contributed by atoms with Crippen LogP contribution in [-0.2, 0) is 9.59 Å². The number of nitrogens with one attached hydrogen (secondary N) is 1. The molecule has 8 heteroatoms. The standard InChI is InChI=1S/C21H14ClFN2O3S/c1-28-16-9-8-14(11-15(16)22)25-20(26)18(17-3-2-10-29-17)19(21(25)27)24-13-6-4-12(23)5-7-13/h2-11,24H,1H3. The number of hydrogen-bond donors (Lipinski definition) is 1. The number of imide groups is 1. The number of rotatable bonds is 5. The molecule has 2 aromatic carbocycles. The minimum atomic E-state index is -0.524. The number of halogens is 2. The van der Waals surface area contributed by atoms with Crippen LogP contribution in [0.1, 0.15) is 4.88 Å². The van der Waals surface area contributed by atoms with Gasteiger partial charge < -0.3 is 10.1 Å². The summed E-state index contributed by atoms with van der Waals surface area (Å²) in [4.78, 5) is 28.1. The van der Waals surface area contributed by atoms with Gasteiger partial charge in [0.15, 0.2) is 0 Å². The molecule has 1 aliphatic rings. The van der Waals surface area contributed by atoms with Crippen molar-refractivity contribution in [2.75, 3.05) is 17.3 Å². The van der Waals surface area contributed by atoms with Gasteiger partial charge in [-0.2, -0.15) is 0 Å². The Morgan fingerprint density at radius 2 is 1.83 bits per heavy atom. The smallest absolute Gasteiger partial charge is 0.282 e. The summed E-state index contributed by atoms with van der Waals surface area (Å²) in [5, 5.41) is 5.08. The fourth-order valence-electron chi connectivity index (χ4n) is 3.00. The van der Waals surface area contributed by atoms with E-state index in [1.165, 1.54) is 48.8 Å². The zero-order chi connectivity index (χ0) is 20.5. The Morgan fingerprint density at radius 1 is 1.07 bits per heavy atom. The highest BCUT2D eigenvalue weighted by atomic mass is 35.5. The molecule has 146 valence electrons. The molecule has 0 spiro atoms. The van der Waals surface area contributed by atoms with Gasteiger partial charge >= 0.3 is 0 Å². The van der Waals surface area contributed by atoms with Gasteiger partial charge in [0.05, 0.1) is 23.4 Å². The van der Waals surface area contributed by atoms with E-state index in [9.17, 15) is 14.0 Å². The molecule has 0 fully saturated rings. The number of amides is 2. The molecule has 29 heavy (non-hydrogen) atoms. The van der Waals surface area contributed by atoms with E-state index in [-0.39, 0.29) is 16.3 Å². The second-order valence-corrected chi connectivity index (χ2v) is 7.48. The fourth-order valence-corrected chi connectivity index (χ4v) is 4.02. The normalized spacial score (nSPS) is 14.0. The number of nitrogens with zero attached hydrogens (tertiary/aromatic N) is 1. The van der Waals surface area contributed by atoms with Crippen molar-refractivity contribution in [3.63, 3.8) is 0 Å². The third-order valence-electron chi connectivity index (χ3n) is 4.36. The average molecular weight is 429 g/mol. The van der Waals surface area contributed by atoms with Crippen molar-refractivity contribution in [2.45, 2.75) is 0 Å². The summed E-state index contributed by atoms with van der Waals surface area (Å²) in [5.41, 5.74) is 1.19. The highest BCUT2D eigenvalue weighted by Gasteiger charge is 2.40. The van der Waals surface area contributed by atoms with E-state index < -0.39 is 17.6 Å². The molecule has 0 atom stereocenters. The van der Waals surface area contributed by atoms with E-state index in [0.29, 0.717) is 22.0 Å².